The highest BCUT2D eigenvalue weighted by Crippen LogP contribution is 2.35. The van der Waals surface area contributed by atoms with Crippen LogP contribution in [0.2, 0.25) is 0 Å². The van der Waals surface area contributed by atoms with E-state index in [1.54, 1.807) is 0 Å². The number of rotatable bonds is 5. The van der Waals surface area contributed by atoms with Gasteiger partial charge in [0, 0.05) is 42.0 Å². The third-order valence-electron chi connectivity index (χ3n) is 6.56. The number of pyridine rings is 1. The number of likely N-dealkylation sites (tertiary alicyclic amines) is 1. The molecule has 1 unspecified atom stereocenters. The second kappa shape index (κ2) is 7.66. The van der Waals surface area contributed by atoms with Crippen LogP contribution in [-0.4, -0.2) is 23.0 Å². The minimum Gasteiger partial charge on any atom is -0.375 e. The molecule has 2 heteroatoms. The molecule has 0 amide bonds. The minimum absolute atomic E-state index is 0.264. The van der Waals surface area contributed by atoms with Gasteiger partial charge in [-0.15, -0.1) is 0 Å². The highest BCUT2D eigenvalue weighted by atomic mass is 15.2. The summed E-state index contributed by atoms with van der Waals surface area (Å²) >= 11 is 0. The molecule has 1 aromatic carbocycles. The summed E-state index contributed by atoms with van der Waals surface area (Å²) in [6.07, 6.45) is 5.44. The second-order valence-electron chi connectivity index (χ2n) is 9.52. The molecule has 1 aliphatic heterocycles. The maximum Gasteiger partial charge on any atom is 0.0485 e. The molecule has 2 heterocycles. The highest BCUT2D eigenvalue weighted by molar-refractivity contribution is 5.88. The van der Waals surface area contributed by atoms with E-state index in [1.165, 1.54) is 39.7 Å². The van der Waals surface area contributed by atoms with E-state index >= 15 is 0 Å². The SMILES string of the molecule is C=C([C@@H](C)C(C)(C)C)N1CCC(Cc2ncc(CC)c3ccc(C)cc23)C1. The molecular formula is C25H36N2. The van der Waals surface area contributed by atoms with Crippen molar-refractivity contribution in [1.82, 2.24) is 9.88 Å². The number of nitrogens with zero attached hydrogens (tertiary/aromatic N) is 2. The van der Waals surface area contributed by atoms with E-state index in [-0.39, 0.29) is 5.41 Å². The van der Waals surface area contributed by atoms with E-state index in [2.05, 4.69) is 77.4 Å². The summed E-state index contributed by atoms with van der Waals surface area (Å²) in [5.74, 6) is 1.17. The van der Waals surface area contributed by atoms with Crippen molar-refractivity contribution >= 4 is 10.8 Å². The van der Waals surface area contributed by atoms with Gasteiger partial charge < -0.3 is 4.90 Å². The molecule has 2 nitrogen and oxygen atoms in total. The first-order valence-electron chi connectivity index (χ1n) is 10.5. The lowest BCUT2D eigenvalue weighted by Gasteiger charge is -2.34. The Bertz CT molecular complexity index is 828. The van der Waals surface area contributed by atoms with Crippen LogP contribution >= 0.6 is 0 Å². The third-order valence-corrected chi connectivity index (χ3v) is 6.56. The van der Waals surface area contributed by atoms with Gasteiger partial charge in [0.05, 0.1) is 0 Å². The van der Waals surface area contributed by atoms with Gasteiger partial charge in [0.15, 0.2) is 0 Å². The summed E-state index contributed by atoms with van der Waals surface area (Å²) in [7, 11) is 0. The summed E-state index contributed by atoms with van der Waals surface area (Å²) in [4.78, 5) is 7.41. The van der Waals surface area contributed by atoms with Gasteiger partial charge in [-0.25, -0.2) is 0 Å². The summed E-state index contributed by atoms with van der Waals surface area (Å²) < 4.78 is 0. The van der Waals surface area contributed by atoms with E-state index in [0.717, 1.165) is 25.9 Å². The van der Waals surface area contributed by atoms with Crippen LogP contribution in [0.3, 0.4) is 0 Å². The van der Waals surface area contributed by atoms with Crippen LogP contribution in [-0.2, 0) is 12.8 Å². The molecular weight excluding hydrogens is 328 g/mol. The molecule has 27 heavy (non-hydrogen) atoms. The molecule has 1 fully saturated rings. The van der Waals surface area contributed by atoms with Gasteiger partial charge >= 0.3 is 0 Å². The van der Waals surface area contributed by atoms with Crippen molar-refractivity contribution in [2.75, 3.05) is 13.1 Å². The first-order chi connectivity index (χ1) is 12.7. The largest absolute Gasteiger partial charge is 0.375 e. The van der Waals surface area contributed by atoms with Crippen molar-refractivity contribution in [3.05, 3.63) is 53.5 Å². The fourth-order valence-corrected chi connectivity index (χ4v) is 4.22. The molecule has 3 rings (SSSR count). The van der Waals surface area contributed by atoms with Gasteiger partial charge in [-0.2, -0.15) is 0 Å². The summed E-state index contributed by atoms with van der Waals surface area (Å²) in [6, 6.07) is 6.83. The van der Waals surface area contributed by atoms with Crippen molar-refractivity contribution in [3.63, 3.8) is 0 Å². The van der Waals surface area contributed by atoms with Gasteiger partial charge in [-0.1, -0.05) is 58.9 Å². The molecule has 0 bridgehead atoms. The summed E-state index contributed by atoms with van der Waals surface area (Å²) in [5.41, 5.74) is 5.51. The van der Waals surface area contributed by atoms with Crippen LogP contribution in [0, 0.1) is 24.2 Å². The van der Waals surface area contributed by atoms with Gasteiger partial charge in [0.25, 0.3) is 0 Å². The van der Waals surface area contributed by atoms with E-state index in [9.17, 15) is 0 Å². The van der Waals surface area contributed by atoms with Crippen molar-refractivity contribution in [1.29, 1.82) is 0 Å². The van der Waals surface area contributed by atoms with Gasteiger partial charge in [0.2, 0.25) is 0 Å². The van der Waals surface area contributed by atoms with Crippen molar-refractivity contribution in [3.8, 4) is 0 Å². The quantitative estimate of drug-likeness (QED) is 0.631. The molecule has 2 aromatic rings. The maximum atomic E-state index is 4.89. The zero-order valence-electron chi connectivity index (χ0n) is 18.1. The van der Waals surface area contributed by atoms with Crippen LogP contribution in [0.4, 0.5) is 0 Å². The van der Waals surface area contributed by atoms with Crippen molar-refractivity contribution < 1.29 is 0 Å². The number of hydrogen-bond donors (Lipinski definition) is 0. The number of allylic oxidation sites excluding steroid dienone is 1. The molecule has 0 saturated carbocycles. The second-order valence-corrected chi connectivity index (χ2v) is 9.52. The Morgan fingerprint density at radius 1 is 1.30 bits per heavy atom. The van der Waals surface area contributed by atoms with Crippen LogP contribution in [0.1, 0.15) is 57.9 Å². The lowest BCUT2D eigenvalue weighted by molar-refractivity contribution is 0.238. The Morgan fingerprint density at radius 2 is 2.04 bits per heavy atom. The first kappa shape index (κ1) is 19.9. The van der Waals surface area contributed by atoms with Gasteiger partial charge in [0.1, 0.15) is 0 Å². The summed E-state index contributed by atoms with van der Waals surface area (Å²) in [5, 5.41) is 2.74. The normalized spacial score (nSPS) is 18.9. The number of benzene rings is 1. The predicted octanol–water partition coefficient (Wildman–Crippen LogP) is 6.17. The van der Waals surface area contributed by atoms with E-state index in [0.29, 0.717) is 11.8 Å². The third kappa shape index (κ3) is 4.20. The van der Waals surface area contributed by atoms with E-state index < -0.39 is 0 Å². The standard InChI is InChI=1S/C25H36N2/c1-8-21-15-26-24(23-13-17(2)9-10-22(21)23)14-20-11-12-27(16-20)19(4)18(3)25(5,6)7/h9-10,13,15,18,20H,4,8,11-12,14,16H2,1-3,5-7H3/t18-,20?/m1/s1. The molecule has 1 aliphatic rings. The molecule has 0 radical (unpaired) electrons. The topological polar surface area (TPSA) is 16.1 Å². The molecule has 1 aromatic heterocycles. The molecule has 0 aliphatic carbocycles. The van der Waals surface area contributed by atoms with Crippen LogP contribution in [0.25, 0.3) is 10.8 Å². The molecule has 0 N–H and O–H groups in total. The van der Waals surface area contributed by atoms with E-state index in [4.69, 9.17) is 4.98 Å². The molecule has 0 spiro atoms. The zero-order chi connectivity index (χ0) is 19.8. The smallest absolute Gasteiger partial charge is 0.0485 e. The Kier molecular flexibility index (Phi) is 5.65. The van der Waals surface area contributed by atoms with Crippen LogP contribution < -0.4 is 0 Å². The lowest BCUT2D eigenvalue weighted by atomic mass is 9.80. The number of hydrogen-bond acceptors (Lipinski definition) is 2. The first-order valence-corrected chi connectivity index (χ1v) is 10.5. The van der Waals surface area contributed by atoms with Crippen molar-refractivity contribution in [2.45, 2.75) is 60.8 Å². The monoisotopic (exact) mass is 364 g/mol. The number of aromatic nitrogens is 1. The fourth-order valence-electron chi connectivity index (χ4n) is 4.22. The number of fused-ring (bicyclic) bond motifs is 1. The number of aryl methyl sites for hydroxylation is 2. The van der Waals surface area contributed by atoms with Crippen LogP contribution in [0.15, 0.2) is 36.7 Å². The highest BCUT2D eigenvalue weighted by Gasteiger charge is 2.30. The Morgan fingerprint density at radius 3 is 2.70 bits per heavy atom. The molecule has 1 saturated heterocycles. The van der Waals surface area contributed by atoms with E-state index in [1.807, 2.05) is 0 Å². The molecule has 146 valence electrons. The fraction of sp³-hybridized carbons (Fsp3) is 0.560. The Balaban J connectivity index is 1.77. The average molecular weight is 365 g/mol. The van der Waals surface area contributed by atoms with Crippen molar-refractivity contribution in [2.24, 2.45) is 17.3 Å². The van der Waals surface area contributed by atoms with Gasteiger partial charge in [-0.05, 0) is 54.5 Å². The van der Waals surface area contributed by atoms with Gasteiger partial charge in [-0.3, -0.25) is 4.98 Å². The average Bonchev–Trinajstić information content (AvgIpc) is 3.08. The van der Waals surface area contributed by atoms with Crippen LogP contribution in [0.5, 0.6) is 0 Å². The maximum absolute atomic E-state index is 4.89. The Hall–Kier alpha value is -1.83. The molecule has 2 atom stereocenters. The zero-order valence-corrected chi connectivity index (χ0v) is 18.1. The minimum atomic E-state index is 0.264. The Labute approximate surface area is 165 Å². The summed E-state index contributed by atoms with van der Waals surface area (Å²) in [6.45, 7) is 20.3. The lowest BCUT2D eigenvalue weighted by Crippen LogP contribution is -2.30. The predicted molar refractivity (Wildman–Crippen MR) is 117 cm³/mol.